The van der Waals surface area contributed by atoms with Crippen LogP contribution in [0.3, 0.4) is 0 Å². The predicted octanol–water partition coefficient (Wildman–Crippen LogP) is 5.90. The van der Waals surface area contributed by atoms with Crippen LogP contribution in [0.4, 0.5) is 4.39 Å². The molecule has 0 aliphatic carbocycles. The van der Waals surface area contributed by atoms with E-state index in [-0.39, 0.29) is 17.2 Å². The van der Waals surface area contributed by atoms with Gasteiger partial charge in [0.2, 0.25) is 0 Å². The largest absolute Gasteiger partial charge is 0.480 e. The average Bonchev–Trinajstić information content (AvgIpc) is 3.30. The number of carboxylic acids is 1. The Morgan fingerprint density at radius 1 is 1.09 bits per heavy atom. The van der Waals surface area contributed by atoms with E-state index in [1.807, 2.05) is 0 Å². The number of rotatable bonds is 6. The number of thioether (sulfide) groups is 1. The van der Waals surface area contributed by atoms with Gasteiger partial charge in [-0.25, -0.2) is 9.18 Å². The van der Waals surface area contributed by atoms with Crippen molar-refractivity contribution in [3.8, 4) is 5.75 Å². The molecule has 1 amide bonds. The normalized spacial score (nSPS) is 16.5. The van der Waals surface area contributed by atoms with Gasteiger partial charge in [-0.2, -0.15) is 0 Å². The molecule has 1 heterocycles. The number of nitrogens with zero attached hydrogens (tertiary/aromatic N) is 1. The fourth-order valence-electron chi connectivity index (χ4n) is 3.51. The second-order valence-electron chi connectivity index (χ2n) is 7.35. The highest BCUT2D eigenvalue weighted by Crippen LogP contribution is 2.35. The molecular weight excluding hydrogens is 488 g/mol. The quantitative estimate of drug-likeness (QED) is 0.451. The van der Waals surface area contributed by atoms with Crippen LogP contribution in [0.25, 0.3) is 0 Å². The molecule has 33 heavy (non-hydrogen) atoms. The van der Waals surface area contributed by atoms with E-state index in [9.17, 15) is 14.7 Å². The lowest BCUT2D eigenvalue weighted by Crippen LogP contribution is -2.41. The molecule has 1 aliphatic rings. The van der Waals surface area contributed by atoms with E-state index in [1.54, 1.807) is 48.5 Å². The van der Waals surface area contributed by atoms with Crippen molar-refractivity contribution in [2.24, 2.45) is 0 Å². The topological polar surface area (TPSA) is 66.8 Å². The summed E-state index contributed by atoms with van der Waals surface area (Å²) in [6.45, 7) is 0. The van der Waals surface area contributed by atoms with Crippen molar-refractivity contribution in [1.82, 2.24) is 4.90 Å². The summed E-state index contributed by atoms with van der Waals surface area (Å²) in [6, 6.07) is 16.9. The number of ether oxygens (including phenoxy) is 1. The van der Waals surface area contributed by atoms with Gasteiger partial charge in [0.25, 0.3) is 5.91 Å². The molecule has 0 radical (unpaired) electrons. The van der Waals surface area contributed by atoms with Gasteiger partial charge in [0.15, 0.2) is 17.7 Å². The molecule has 170 valence electrons. The van der Waals surface area contributed by atoms with Crippen molar-refractivity contribution in [3.63, 3.8) is 0 Å². The molecule has 3 aromatic carbocycles. The SMILES string of the molecule is O=C(O)[C@@H]1CSCN1C(=O)c1ccc(OC(c2ccc(Cl)cc2)c2ccccc2Cl)c(F)c1. The number of carbonyl (C=O) groups excluding carboxylic acids is 1. The van der Waals surface area contributed by atoms with E-state index in [2.05, 4.69) is 0 Å². The first-order chi connectivity index (χ1) is 15.8. The van der Waals surface area contributed by atoms with Gasteiger partial charge in [-0.3, -0.25) is 4.79 Å². The number of amides is 1. The Bertz CT molecular complexity index is 1190. The molecule has 5 nitrogen and oxygen atoms in total. The lowest BCUT2D eigenvalue weighted by Gasteiger charge is -2.23. The number of halogens is 3. The highest BCUT2D eigenvalue weighted by molar-refractivity contribution is 7.99. The third kappa shape index (κ3) is 5.11. The second kappa shape index (κ2) is 10.0. The molecule has 1 aliphatic heterocycles. The van der Waals surface area contributed by atoms with Gasteiger partial charge in [0.1, 0.15) is 6.04 Å². The van der Waals surface area contributed by atoms with Crippen molar-refractivity contribution < 1.29 is 23.8 Å². The number of carboxylic acid groups (broad SMARTS) is 1. The first-order valence-electron chi connectivity index (χ1n) is 9.93. The average molecular weight is 506 g/mol. The zero-order valence-corrected chi connectivity index (χ0v) is 19.4. The Balaban J connectivity index is 1.63. The number of hydrogen-bond acceptors (Lipinski definition) is 4. The number of carbonyl (C=O) groups is 2. The predicted molar refractivity (Wildman–Crippen MR) is 127 cm³/mol. The van der Waals surface area contributed by atoms with Crippen molar-refractivity contribution in [3.05, 3.63) is 99.3 Å². The molecule has 3 aromatic rings. The van der Waals surface area contributed by atoms with Gasteiger partial charge in [-0.05, 0) is 42.0 Å². The number of hydrogen-bond donors (Lipinski definition) is 1. The van der Waals surface area contributed by atoms with Gasteiger partial charge >= 0.3 is 5.97 Å². The van der Waals surface area contributed by atoms with Crippen LogP contribution in [-0.4, -0.2) is 39.6 Å². The van der Waals surface area contributed by atoms with Crippen molar-refractivity contribution in [2.75, 3.05) is 11.6 Å². The smallest absolute Gasteiger partial charge is 0.327 e. The summed E-state index contributed by atoms with van der Waals surface area (Å²) >= 11 is 13.7. The summed E-state index contributed by atoms with van der Waals surface area (Å²) in [5.41, 5.74) is 1.40. The molecule has 2 atom stereocenters. The Morgan fingerprint density at radius 3 is 2.48 bits per heavy atom. The molecule has 4 rings (SSSR count). The first kappa shape index (κ1) is 23.4. The molecule has 9 heteroatoms. The number of benzene rings is 3. The summed E-state index contributed by atoms with van der Waals surface area (Å²) in [6.07, 6.45) is -0.724. The molecule has 0 saturated carbocycles. The first-order valence-corrected chi connectivity index (χ1v) is 11.8. The van der Waals surface area contributed by atoms with E-state index in [1.165, 1.54) is 28.8 Å². The Morgan fingerprint density at radius 2 is 1.82 bits per heavy atom. The van der Waals surface area contributed by atoms with Crippen LogP contribution in [-0.2, 0) is 4.79 Å². The van der Waals surface area contributed by atoms with Crippen LogP contribution in [0.2, 0.25) is 10.0 Å². The van der Waals surface area contributed by atoms with Crippen LogP contribution in [0, 0.1) is 5.82 Å². The standard InChI is InChI=1S/C24H18Cl2FNO4S/c25-16-8-5-14(6-9-16)22(17-3-1-2-4-18(17)26)32-21-10-7-15(11-19(21)27)23(29)28-13-33-12-20(28)24(30)31/h1-11,20,22H,12-13H2,(H,30,31)/t20-,22?/m0/s1. The van der Waals surface area contributed by atoms with Crippen LogP contribution in [0.1, 0.15) is 27.6 Å². The van der Waals surface area contributed by atoms with Crippen molar-refractivity contribution >= 4 is 46.8 Å². The van der Waals surface area contributed by atoms with Gasteiger partial charge in [-0.1, -0.05) is 53.5 Å². The van der Waals surface area contributed by atoms with E-state index in [0.717, 1.165) is 6.07 Å². The maximum atomic E-state index is 15.0. The molecule has 1 saturated heterocycles. The third-order valence-electron chi connectivity index (χ3n) is 5.21. The Kier molecular flexibility index (Phi) is 7.12. The highest BCUT2D eigenvalue weighted by Gasteiger charge is 2.35. The van der Waals surface area contributed by atoms with Gasteiger partial charge < -0.3 is 14.7 Å². The van der Waals surface area contributed by atoms with Crippen LogP contribution in [0.15, 0.2) is 66.7 Å². The summed E-state index contributed by atoms with van der Waals surface area (Å²) < 4.78 is 21.1. The lowest BCUT2D eigenvalue weighted by molar-refractivity contribution is -0.140. The summed E-state index contributed by atoms with van der Waals surface area (Å²) in [4.78, 5) is 25.4. The molecular formula is C24H18Cl2FNO4S. The lowest BCUT2D eigenvalue weighted by atomic mass is 10.0. The van der Waals surface area contributed by atoms with E-state index in [0.29, 0.717) is 26.9 Å². The van der Waals surface area contributed by atoms with E-state index < -0.39 is 29.8 Å². The molecule has 0 aromatic heterocycles. The van der Waals surface area contributed by atoms with Crippen molar-refractivity contribution in [2.45, 2.75) is 12.1 Å². The summed E-state index contributed by atoms with van der Waals surface area (Å²) in [5.74, 6) is -1.91. The van der Waals surface area contributed by atoms with E-state index >= 15 is 4.39 Å². The molecule has 0 bridgehead atoms. The fraction of sp³-hybridized carbons (Fsp3) is 0.167. The monoisotopic (exact) mass is 505 g/mol. The molecule has 0 spiro atoms. The molecule has 1 fully saturated rings. The fourth-order valence-corrected chi connectivity index (χ4v) is 5.01. The van der Waals surface area contributed by atoms with Crippen LogP contribution in [0.5, 0.6) is 5.75 Å². The minimum atomic E-state index is -1.08. The van der Waals surface area contributed by atoms with Crippen molar-refractivity contribution in [1.29, 1.82) is 0 Å². The van der Waals surface area contributed by atoms with E-state index in [4.69, 9.17) is 27.9 Å². The maximum absolute atomic E-state index is 15.0. The zero-order valence-electron chi connectivity index (χ0n) is 17.1. The molecule has 1 unspecified atom stereocenters. The zero-order chi connectivity index (χ0) is 23.5. The van der Waals surface area contributed by atoms with Gasteiger partial charge in [0, 0.05) is 26.9 Å². The minimum Gasteiger partial charge on any atom is -0.480 e. The minimum absolute atomic E-state index is 0.0504. The maximum Gasteiger partial charge on any atom is 0.327 e. The number of aliphatic carboxylic acids is 1. The highest BCUT2D eigenvalue weighted by atomic mass is 35.5. The Hall–Kier alpha value is -2.74. The Labute approximate surface area is 204 Å². The second-order valence-corrected chi connectivity index (χ2v) is 9.19. The van der Waals surface area contributed by atoms with Gasteiger partial charge in [-0.15, -0.1) is 11.8 Å². The van der Waals surface area contributed by atoms with Crippen LogP contribution >= 0.6 is 35.0 Å². The van der Waals surface area contributed by atoms with Crippen LogP contribution < -0.4 is 4.74 Å². The third-order valence-corrected chi connectivity index (χ3v) is 6.82. The van der Waals surface area contributed by atoms with Gasteiger partial charge in [0.05, 0.1) is 5.88 Å². The molecule has 1 N–H and O–H groups in total. The summed E-state index contributed by atoms with van der Waals surface area (Å²) in [7, 11) is 0. The summed E-state index contributed by atoms with van der Waals surface area (Å²) in [5, 5.41) is 10.3.